The molecule has 122 valence electrons. The average Bonchev–Trinajstić information content (AvgIpc) is 2.46. The predicted octanol–water partition coefficient (Wildman–Crippen LogP) is 2.17. The minimum atomic E-state index is -0.261. The summed E-state index contributed by atoms with van der Waals surface area (Å²) in [6.07, 6.45) is 0. The number of amides is 1. The van der Waals surface area contributed by atoms with Crippen LogP contribution in [-0.2, 0) is 14.3 Å². The van der Waals surface area contributed by atoms with E-state index in [0.717, 1.165) is 5.69 Å². The first-order valence-electron chi connectivity index (χ1n) is 7.50. The molecular formula is C17H26N2O3. The number of esters is 1. The zero-order valence-corrected chi connectivity index (χ0v) is 14.1. The van der Waals surface area contributed by atoms with Crippen molar-refractivity contribution in [2.45, 2.75) is 26.8 Å². The highest BCUT2D eigenvalue weighted by molar-refractivity contribution is 5.95. The van der Waals surface area contributed by atoms with Gasteiger partial charge in [-0.3, -0.25) is 14.5 Å². The van der Waals surface area contributed by atoms with Gasteiger partial charge >= 0.3 is 5.97 Å². The van der Waals surface area contributed by atoms with Gasteiger partial charge in [0.15, 0.2) is 0 Å². The van der Waals surface area contributed by atoms with Crippen LogP contribution in [-0.4, -0.2) is 50.1 Å². The van der Waals surface area contributed by atoms with E-state index in [0.29, 0.717) is 6.54 Å². The summed E-state index contributed by atoms with van der Waals surface area (Å²) in [6, 6.07) is 9.68. The van der Waals surface area contributed by atoms with Crippen molar-refractivity contribution >= 4 is 17.6 Å². The van der Waals surface area contributed by atoms with Gasteiger partial charge in [0, 0.05) is 18.3 Å². The molecule has 5 heteroatoms. The number of ether oxygens (including phenoxy) is 1. The minimum Gasteiger partial charge on any atom is -0.469 e. The van der Waals surface area contributed by atoms with E-state index in [1.807, 2.05) is 56.1 Å². The molecule has 1 unspecified atom stereocenters. The Balaban J connectivity index is 2.70. The van der Waals surface area contributed by atoms with Gasteiger partial charge in [0.2, 0.25) is 5.91 Å². The summed E-state index contributed by atoms with van der Waals surface area (Å²) in [5.74, 6) is -0.504. The van der Waals surface area contributed by atoms with E-state index in [1.165, 1.54) is 7.11 Å². The van der Waals surface area contributed by atoms with Crippen LogP contribution in [0.3, 0.4) is 0 Å². The van der Waals surface area contributed by atoms with Gasteiger partial charge in [-0.25, -0.2) is 0 Å². The van der Waals surface area contributed by atoms with E-state index in [-0.39, 0.29) is 30.4 Å². The lowest BCUT2D eigenvalue weighted by atomic mass is 10.1. The number of nitrogens with zero attached hydrogens (tertiary/aromatic N) is 2. The zero-order valence-electron chi connectivity index (χ0n) is 14.1. The summed E-state index contributed by atoms with van der Waals surface area (Å²) in [5, 5.41) is 0. The quantitative estimate of drug-likeness (QED) is 0.725. The molecule has 1 aromatic rings. The Morgan fingerprint density at radius 3 is 2.23 bits per heavy atom. The van der Waals surface area contributed by atoms with Gasteiger partial charge in [-0.05, 0) is 33.0 Å². The van der Waals surface area contributed by atoms with Gasteiger partial charge in [0.05, 0.1) is 19.6 Å². The van der Waals surface area contributed by atoms with Crippen LogP contribution < -0.4 is 4.90 Å². The Hall–Kier alpha value is -1.88. The maximum Gasteiger partial charge on any atom is 0.309 e. The second kappa shape index (κ2) is 8.54. The molecule has 0 aromatic heterocycles. The Morgan fingerprint density at radius 1 is 1.14 bits per heavy atom. The largest absolute Gasteiger partial charge is 0.469 e. The van der Waals surface area contributed by atoms with E-state index in [9.17, 15) is 9.59 Å². The van der Waals surface area contributed by atoms with Crippen molar-refractivity contribution in [3.05, 3.63) is 30.3 Å². The highest BCUT2D eigenvalue weighted by Gasteiger charge is 2.22. The molecule has 0 saturated carbocycles. The Labute approximate surface area is 132 Å². The van der Waals surface area contributed by atoms with Crippen LogP contribution in [0.2, 0.25) is 0 Å². The first-order valence-corrected chi connectivity index (χ1v) is 7.50. The van der Waals surface area contributed by atoms with Crippen molar-refractivity contribution in [1.82, 2.24) is 4.90 Å². The Bertz CT molecular complexity index is 488. The standard InChI is InChI=1S/C17H26N2O3/c1-13(2)19(15-9-7-6-8-10-15)16(20)12-18(4)11-14(3)17(21)22-5/h6-10,13-14H,11-12H2,1-5H3. The lowest BCUT2D eigenvalue weighted by Gasteiger charge is -2.29. The first kappa shape index (κ1) is 18.2. The normalized spacial score (nSPS) is 12.3. The fourth-order valence-corrected chi connectivity index (χ4v) is 2.43. The number of para-hydroxylation sites is 1. The van der Waals surface area contributed by atoms with Gasteiger partial charge in [-0.1, -0.05) is 25.1 Å². The van der Waals surface area contributed by atoms with E-state index < -0.39 is 0 Å². The third-order valence-electron chi connectivity index (χ3n) is 3.41. The molecule has 1 aromatic carbocycles. The summed E-state index contributed by atoms with van der Waals surface area (Å²) in [7, 11) is 3.21. The SMILES string of the molecule is COC(=O)C(C)CN(C)CC(=O)N(c1ccccc1)C(C)C. The van der Waals surface area contributed by atoms with E-state index in [2.05, 4.69) is 0 Å². The number of hydrogen-bond donors (Lipinski definition) is 0. The topological polar surface area (TPSA) is 49.9 Å². The first-order chi connectivity index (χ1) is 10.4. The van der Waals surface area contributed by atoms with E-state index in [1.54, 1.807) is 11.8 Å². The molecule has 0 fully saturated rings. The number of anilines is 1. The van der Waals surface area contributed by atoms with Gasteiger partial charge < -0.3 is 9.64 Å². The number of methoxy groups -OCH3 is 1. The lowest BCUT2D eigenvalue weighted by molar-refractivity contribution is -0.145. The van der Waals surface area contributed by atoms with Crippen LogP contribution in [0.4, 0.5) is 5.69 Å². The monoisotopic (exact) mass is 306 g/mol. The molecule has 1 amide bonds. The van der Waals surface area contributed by atoms with Crippen molar-refractivity contribution in [1.29, 1.82) is 0 Å². The molecule has 0 spiro atoms. The summed E-state index contributed by atoms with van der Waals surface area (Å²) >= 11 is 0. The fourth-order valence-electron chi connectivity index (χ4n) is 2.43. The van der Waals surface area contributed by atoms with Gasteiger partial charge in [0.1, 0.15) is 0 Å². The Kier molecular flexibility index (Phi) is 7.05. The number of benzene rings is 1. The summed E-state index contributed by atoms with van der Waals surface area (Å²) in [4.78, 5) is 27.7. The highest BCUT2D eigenvalue weighted by atomic mass is 16.5. The fraction of sp³-hybridized carbons (Fsp3) is 0.529. The van der Waals surface area contributed by atoms with Crippen molar-refractivity contribution < 1.29 is 14.3 Å². The number of carbonyl (C=O) groups is 2. The number of carbonyl (C=O) groups excluding carboxylic acids is 2. The predicted molar refractivity (Wildman–Crippen MR) is 87.7 cm³/mol. The molecule has 0 N–H and O–H groups in total. The van der Waals surface area contributed by atoms with Crippen LogP contribution in [0, 0.1) is 5.92 Å². The van der Waals surface area contributed by atoms with Gasteiger partial charge in [-0.2, -0.15) is 0 Å². The molecule has 0 aliphatic rings. The summed E-state index contributed by atoms with van der Waals surface area (Å²) < 4.78 is 4.71. The van der Waals surface area contributed by atoms with Crippen LogP contribution in [0.1, 0.15) is 20.8 Å². The summed E-state index contributed by atoms with van der Waals surface area (Å²) in [5.41, 5.74) is 0.886. The second-order valence-electron chi connectivity index (χ2n) is 5.81. The highest BCUT2D eigenvalue weighted by Crippen LogP contribution is 2.17. The molecule has 0 bridgehead atoms. The Morgan fingerprint density at radius 2 is 1.73 bits per heavy atom. The van der Waals surface area contributed by atoms with E-state index in [4.69, 9.17) is 4.74 Å². The third-order valence-corrected chi connectivity index (χ3v) is 3.41. The molecule has 1 rings (SSSR count). The molecule has 0 aliphatic carbocycles. The second-order valence-corrected chi connectivity index (χ2v) is 5.81. The van der Waals surface area contributed by atoms with Crippen molar-refractivity contribution in [2.75, 3.05) is 32.1 Å². The minimum absolute atomic E-state index is 0.0146. The van der Waals surface area contributed by atoms with Crippen molar-refractivity contribution in [3.8, 4) is 0 Å². The maximum absolute atomic E-state index is 12.6. The van der Waals surface area contributed by atoms with E-state index >= 15 is 0 Å². The average molecular weight is 306 g/mol. The molecular weight excluding hydrogens is 280 g/mol. The smallest absolute Gasteiger partial charge is 0.309 e. The molecule has 0 aliphatic heterocycles. The summed E-state index contributed by atoms with van der Waals surface area (Å²) in [6.45, 7) is 6.52. The lowest BCUT2D eigenvalue weighted by Crippen LogP contribution is -2.44. The molecule has 0 saturated heterocycles. The molecule has 0 radical (unpaired) electrons. The van der Waals surface area contributed by atoms with Crippen LogP contribution in [0.25, 0.3) is 0 Å². The third kappa shape index (κ3) is 5.15. The number of likely N-dealkylation sites (N-methyl/N-ethyl adjacent to an activating group) is 1. The number of rotatable bonds is 7. The van der Waals surface area contributed by atoms with Crippen molar-refractivity contribution in [2.24, 2.45) is 5.92 Å². The zero-order chi connectivity index (χ0) is 16.7. The van der Waals surface area contributed by atoms with Crippen LogP contribution in [0.15, 0.2) is 30.3 Å². The number of hydrogen-bond acceptors (Lipinski definition) is 4. The molecule has 22 heavy (non-hydrogen) atoms. The van der Waals surface area contributed by atoms with Gasteiger partial charge in [0.25, 0.3) is 0 Å². The molecule has 0 heterocycles. The van der Waals surface area contributed by atoms with Crippen molar-refractivity contribution in [3.63, 3.8) is 0 Å². The van der Waals surface area contributed by atoms with Crippen LogP contribution >= 0.6 is 0 Å². The maximum atomic E-state index is 12.6. The molecule has 1 atom stereocenters. The molecule has 5 nitrogen and oxygen atoms in total. The van der Waals surface area contributed by atoms with Crippen LogP contribution in [0.5, 0.6) is 0 Å². The van der Waals surface area contributed by atoms with Gasteiger partial charge in [-0.15, -0.1) is 0 Å².